The Kier molecular flexibility index (Phi) is 11.3. The van der Waals surface area contributed by atoms with Crippen LogP contribution < -0.4 is 19.1 Å². The molecule has 0 aromatic heterocycles. The van der Waals surface area contributed by atoms with Gasteiger partial charge in [-0.2, -0.15) is 0 Å². The van der Waals surface area contributed by atoms with E-state index in [1.807, 2.05) is 82.3 Å². The third-order valence-corrected chi connectivity index (χ3v) is 9.41. The van der Waals surface area contributed by atoms with E-state index in [1.165, 1.54) is 37.3 Å². The summed E-state index contributed by atoms with van der Waals surface area (Å²) in [5.74, 6) is -0.272. The van der Waals surface area contributed by atoms with Gasteiger partial charge in [0, 0.05) is 24.6 Å². The number of nitrogens with zero attached hydrogens (tertiary/aromatic N) is 2. The number of amides is 2. The van der Waals surface area contributed by atoms with Crippen molar-refractivity contribution in [2.24, 2.45) is 0 Å². The molecule has 0 aliphatic carbocycles. The number of benzene rings is 4. The zero-order chi connectivity index (χ0) is 34.2. The fourth-order valence-corrected chi connectivity index (χ4v) is 6.64. The zero-order valence-corrected chi connectivity index (χ0v) is 28.6. The Morgan fingerprint density at radius 2 is 1.40 bits per heavy atom. The molecule has 0 heterocycles. The number of sulfonamides is 1. The second-order valence-corrected chi connectivity index (χ2v) is 14.1. The lowest BCUT2D eigenvalue weighted by molar-refractivity contribution is -0.140. The van der Waals surface area contributed by atoms with Crippen LogP contribution in [0.5, 0.6) is 11.5 Å². The van der Waals surface area contributed by atoms with Gasteiger partial charge >= 0.3 is 0 Å². The van der Waals surface area contributed by atoms with Crippen molar-refractivity contribution in [2.45, 2.75) is 57.1 Å². The van der Waals surface area contributed by atoms with E-state index >= 15 is 0 Å². The first-order valence-electron chi connectivity index (χ1n) is 15.3. The molecule has 1 N–H and O–H groups in total. The van der Waals surface area contributed by atoms with Gasteiger partial charge in [-0.15, -0.1) is 0 Å². The molecule has 0 spiro atoms. The maximum absolute atomic E-state index is 14.6. The van der Waals surface area contributed by atoms with E-state index in [-0.39, 0.29) is 29.5 Å². The fourth-order valence-electron chi connectivity index (χ4n) is 5.21. The van der Waals surface area contributed by atoms with E-state index in [4.69, 9.17) is 9.47 Å². The molecule has 0 aliphatic rings. The van der Waals surface area contributed by atoms with Crippen molar-refractivity contribution in [1.82, 2.24) is 10.2 Å². The number of hydrogen-bond donors (Lipinski definition) is 1. The van der Waals surface area contributed by atoms with Crippen LogP contribution in [-0.2, 0) is 32.6 Å². The van der Waals surface area contributed by atoms with Crippen molar-refractivity contribution in [3.8, 4) is 11.5 Å². The molecule has 248 valence electrons. The summed E-state index contributed by atoms with van der Waals surface area (Å²) >= 11 is 0. The van der Waals surface area contributed by atoms with Crippen LogP contribution in [0.15, 0.2) is 108 Å². The van der Waals surface area contributed by atoms with Gasteiger partial charge in [0.2, 0.25) is 11.8 Å². The molecular formula is C37H43N3O6S. The van der Waals surface area contributed by atoms with E-state index < -0.39 is 34.1 Å². The molecule has 1 atom stereocenters. The largest absolute Gasteiger partial charge is 0.493 e. The predicted molar refractivity (Wildman–Crippen MR) is 184 cm³/mol. The summed E-state index contributed by atoms with van der Waals surface area (Å²) in [5, 5.41) is 3.05. The SMILES string of the molecule is COc1ccc(S(=O)(=O)N(CC(=O)N(Cc2ccccc2C)[C@H](Cc2ccccc2)C(=O)NC(C)(C)C)c2ccccc2)cc1OC. The average molecular weight is 658 g/mol. The molecule has 0 saturated carbocycles. The van der Waals surface area contributed by atoms with Crippen molar-refractivity contribution in [3.63, 3.8) is 0 Å². The van der Waals surface area contributed by atoms with Gasteiger partial charge < -0.3 is 19.7 Å². The van der Waals surface area contributed by atoms with Crippen molar-refractivity contribution in [3.05, 3.63) is 120 Å². The van der Waals surface area contributed by atoms with Gasteiger partial charge in [0.25, 0.3) is 10.0 Å². The lowest BCUT2D eigenvalue weighted by Gasteiger charge is -2.35. The number of para-hydroxylation sites is 1. The van der Waals surface area contributed by atoms with Gasteiger partial charge in [0.15, 0.2) is 11.5 Å². The predicted octanol–water partition coefficient (Wildman–Crippen LogP) is 5.76. The smallest absolute Gasteiger partial charge is 0.264 e. The highest BCUT2D eigenvalue weighted by molar-refractivity contribution is 7.92. The van der Waals surface area contributed by atoms with Crippen LogP contribution in [-0.4, -0.2) is 57.5 Å². The highest BCUT2D eigenvalue weighted by atomic mass is 32.2. The number of methoxy groups -OCH3 is 2. The second kappa shape index (κ2) is 15.2. The molecule has 0 unspecified atom stereocenters. The topological polar surface area (TPSA) is 105 Å². The Balaban J connectivity index is 1.83. The van der Waals surface area contributed by atoms with Gasteiger partial charge in [-0.05, 0) is 68.7 Å². The number of carbonyl (C=O) groups is 2. The van der Waals surface area contributed by atoms with Crippen LogP contribution in [0.1, 0.15) is 37.5 Å². The number of aryl methyl sites for hydroxylation is 1. The van der Waals surface area contributed by atoms with Crippen LogP contribution >= 0.6 is 0 Å². The quantitative estimate of drug-likeness (QED) is 0.196. The minimum Gasteiger partial charge on any atom is -0.493 e. The Morgan fingerprint density at radius 1 is 0.809 bits per heavy atom. The first kappa shape index (κ1) is 35.0. The molecule has 0 fully saturated rings. The molecular weight excluding hydrogens is 614 g/mol. The summed E-state index contributed by atoms with van der Waals surface area (Å²) in [5.41, 5.74) is 2.37. The van der Waals surface area contributed by atoms with Crippen molar-refractivity contribution >= 4 is 27.5 Å². The molecule has 0 bridgehead atoms. The van der Waals surface area contributed by atoms with E-state index in [1.54, 1.807) is 30.3 Å². The van der Waals surface area contributed by atoms with Crippen molar-refractivity contribution in [2.75, 3.05) is 25.1 Å². The summed E-state index contributed by atoms with van der Waals surface area (Å²) in [6, 6.07) is 28.9. The van der Waals surface area contributed by atoms with Crippen LogP contribution in [0.25, 0.3) is 0 Å². The monoisotopic (exact) mass is 657 g/mol. The Morgan fingerprint density at radius 3 is 2.00 bits per heavy atom. The van der Waals surface area contributed by atoms with Gasteiger partial charge in [-0.1, -0.05) is 72.8 Å². The van der Waals surface area contributed by atoms with E-state index in [0.717, 1.165) is 21.0 Å². The molecule has 0 radical (unpaired) electrons. The number of hydrogen-bond acceptors (Lipinski definition) is 6. The summed E-state index contributed by atoms with van der Waals surface area (Å²) in [4.78, 5) is 30.1. The van der Waals surface area contributed by atoms with Crippen LogP contribution in [0.2, 0.25) is 0 Å². The number of nitrogens with one attached hydrogen (secondary N) is 1. The summed E-state index contributed by atoms with van der Waals surface area (Å²) < 4.78 is 40.4. The van der Waals surface area contributed by atoms with Crippen molar-refractivity contribution < 1.29 is 27.5 Å². The third kappa shape index (κ3) is 8.92. The lowest BCUT2D eigenvalue weighted by atomic mass is 10.00. The number of carbonyl (C=O) groups excluding carboxylic acids is 2. The molecule has 0 saturated heterocycles. The third-order valence-electron chi connectivity index (χ3n) is 7.64. The van der Waals surface area contributed by atoms with Gasteiger partial charge in [0.05, 0.1) is 24.8 Å². The fraction of sp³-hybridized carbons (Fsp3) is 0.297. The van der Waals surface area contributed by atoms with Gasteiger partial charge in [-0.25, -0.2) is 8.42 Å². The van der Waals surface area contributed by atoms with E-state index in [0.29, 0.717) is 11.4 Å². The molecule has 9 nitrogen and oxygen atoms in total. The number of rotatable bonds is 13. The maximum atomic E-state index is 14.6. The maximum Gasteiger partial charge on any atom is 0.264 e. The number of ether oxygens (including phenoxy) is 2. The highest BCUT2D eigenvalue weighted by Crippen LogP contribution is 2.32. The van der Waals surface area contributed by atoms with Gasteiger partial charge in [-0.3, -0.25) is 13.9 Å². The van der Waals surface area contributed by atoms with Gasteiger partial charge in [0.1, 0.15) is 12.6 Å². The Bertz CT molecular complexity index is 1770. The van der Waals surface area contributed by atoms with E-state index in [9.17, 15) is 18.0 Å². The first-order valence-corrected chi connectivity index (χ1v) is 16.8. The molecule has 47 heavy (non-hydrogen) atoms. The Hall–Kier alpha value is -4.83. The second-order valence-electron chi connectivity index (χ2n) is 12.3. The highest BCUT2D eigenvalue weighted by Gasteiger charge is 2.36. The van der Waals surface area contributed by atoms with E-state index in [2.05, 4.69) is 5.32 Å². The number of anilines is 1. The standard InChI is InChI=1S/C37H43N3O6S/c1-27-15-13-14-18-29(27)25-39(32(36(42)38-37(2,3)4)23-28-16-9-7-10-17-28)35(41)26-40(30-19-11-8-12-20-30)47(43,44)31-21-22-33(45-5)34(24-31)46-6/h7-22,24,32H,23,25-26H2,1-6H3,(H,38,42)/t32-/m1/s1. The molecule has 4 aromatic carbocycles. The molecule has 0 aliphatic heterocycles. The van der Waals surface area contributed by atoms with Crippen molar-refractivity contribution in [1.29, 1.82) is 0 Å². The Labute approximate surface area is 278 Å². The average Bonchev–Trinajstić information content (AvgIpc) is 3.05. The van der Waals surface area contributed by atoms with Crippen LogP contribution in [0, 0.1) is 6.92 Å². The van der Waals surface area contributed by atoms with Crippen LogP contribution in [0.4, 0.5) is 5.69 Å². The molecule has 2 amide bonds. The minimum absolute atomic E-state index is 0.0800. The molecule has 10 heteroatoms. The zero-order valence-electron chi connectivity index (χ0n) is 27.8. The normalized spacial score (nSPS) is 12.1. The lowest BCUT2D eigenvalue weighted by Crippen LogP contribution is -2.56. The molecule has 4 aromatic rings. The summed E-state index contributed by atoms with van der Waals surface area (Å²) in [6.45, 7) is 7.12. The minimum atomic E-state index is -4.31. The summed E-state index contributed by atoms with van der Waals surface area (Å²) in [6.07, 6.45) is 0.230. The first-order chi connectivity index (χ1) is 22.3. The summed E-state index contributed by atoms with van der Waals surface area (Å²) in [7, 11) is -1.42. The van der Waals surface area contributed by atoms with Crippen LogP contribution in [0.3, 0.4) is 0 Å². The molecule has 4 rings (SSSR count).